The fourth-order valence-corrected chi connectivity index (χ4v) is 4.83. The van der Waals surface area contributed by atoms with E-state index in [1.54, 1.807) is 0 Å². The minimum Gasteiger partial charge on any atom is -0.377 e. The highest BCUT2D eigenvalue weighted by atomic mass is 31.2. The molecule has 1 saturated carbocycles. The number of aliphatic hydroxyl groups is 2. The minimum atomic E-state index is -5.17. The Hall–Kier alpha value is 0.200. The predicted octanol–water partition coefficient (Wildman–Crippen LogP) is -6.64. The Labute approximate surface area is 177 Å². The highest BCUT2D eigenvalue weighted by Gasteiger charge is 2.79. The summed E-state index contributed by atoms with van der Waals surface area (Å²) in [6.07, 6.45) is -14.7. The zero-order valence-electron chi connectivity index (χ0n) is 15.7. The van der Waals surface area contributed by atoms with Gasteiger partial charge in [0, 0.05) is 0 Å². The quantitative estimate of drug-likeness (QED) is 0.0598. The molecule has 0 aromatic rings. The van der Waals surface area contributed by atoms with Crippen LogP contribution in [-0.2, 0) is 54.9 Å². The summed E-state index contributed by atoms with van der Waals surface area (Å²) in [5, 5.41) is 21.1. The fraction of sp³-hybridized carbons (Fsp3) is 1.00. The van der Waals surface area contributed by atoms with E-state index < -0.39 is 67.9 Å². The standard InChI is InChI=1S/C6H20N4O18P4/c7-25-29(13,14)21-3-1(11)4(22-30(15,16)26-8)6(24-32(19,20)28-10)2(12)5(3)23-31(17,18)27-9/h1-6,11-12H,7-10H3/q+4/p+4/t1?,2?,3-,4+,5-,6+. The molecule has 0 aromatic carbocycles. The molecule has 1 aliphatic carbocycles. The van der Waals surface area contributed by atoms with E-state index in [1.165, 1.54) is 0 Å². The van der Waals surface area contributed by atoms with Crippen LogP contribution in [0, 0.1) is 0 Å². The normalized spacial score (nSPS) is 36.4. The lowest BCUT2D eigenvalue weighted by molar-refractivity contribution is -0.645. The van der Waals surface area contributed by atoms with E-state index >= 15 is 0 Å². The fourth-order valence-electron chi connectivity index (χ4n) is 2.38. The van der Waals surface area contributed by atoms with Crippen molar-refractivity contribution in [2.75, 3.05) is 0 Å². The molecule has 26 heteroatoms. The molecule has 22 nitrogen and oxygen atoms in total. The Balaban J connectivity index is 3.57. The number of hydrogen-bond donors (Lipinski definition) is 10. The van der Waals surface area contributed by atoms with Crippen molar-refractivity contribution in [3.05, 3.63) is 0 Å². The molecule has 1 fully saturated rings. The Kier molecular flexibility index (Phi) is 10.7. The molecule has 18 N–H and O–H groups in total. The van der Waals surface area contributed by atoms with Crippen LogP contribution in [0.25, 0.3) is 0 Å². The minimum absolute atomic E-state index is 2.41. The third kappa shape index (κ3) is 8.15. The van der Waals surface area contributed by atoms with Crippen molar-refractivity contribution in [1.82, 2.24) is 0 Å². The topological polar surface area (TPSA) is 382 Å². The van der Waals surface area contributed by atoms with Crippen LogP contribution in [0.5, 0.6) is 0 Å². The maximum absolute atomic E-state index is 11.8. The molecule has 0 bridgehead atoms. The lowest BCUT2D eigenvalue weighted by Crippen LogP contribution is -2.66. The van der Waals surface area contributed by atoms with Crippen molar-refractivity contribution in [1.29, 1.82) is 0 Å². The molecule has 6 unspecified atom stereocenters. The van der Waals surface area contributed by atoms with Crippen molar-refractivity contribution in [3.8, 4) is 0 Å². The van der Waals surface area contributed by atoms with Gasteiger partial charge in [0.25, 0.3) is 0 Å². The van der Waals surface area contributed by atoms with Gasteiger partial charge in [-0.25, -0.2) is 0 Å². The second-order valence-corrected chi connectivity index (χ2v) is 11.3. The van der Waals surface area contributed by atoms with Gasteiger partial charge >= 0.3 is 55.7 Å². The van der Waals surface area contributed by atoms with Gasteiger partial charge in [0.05, 0.1) is 0 Å². The Bertz CT molecular complexity index is 697. The van der Waals surface area contributed by atoms with Gasteiger partial charge in [-0.1, -0.05) is 0 Å². The number of phosphoric ester groups is 4. The zero-order chi connectivity index (χ0) is 25.1. The van der Waals surface area contributed by atoms with Gasteiger partial charge in [0.1, 0.15) is 0 Å². The molecule has 0 amide bonds. The summed E-state index contributed by atoms with van der Waals surface area (Å²) in [4.78, 5) is 38.0. The lowest BCUT2D eigenvalue weighted by atomic mass is 9.85. The van der Waals surface area contributed by atoms with Crippen LogP contribution < -0.4 is 23.6 Å². The molecule has 0 aliphatic heterocycles. The second-order valence-electron chi connectivity index (χ2n) is 5.65. The number of hydrogen-bond acceptors (Lipinski definition) is 14. The first-order valence-corrected chi connectivity index (χ1v) is 13.6. The maximum atomic E-state index is 11.8. The molecule has 10 atom stereocenters. The van der Waals surface area contributed by atoms with Crippen molar-refractivity contribution < 1.29 is 108 Å². The molecule has 0 saturated heterocycles. The van der Waals surface area contributed by atoms with E-state index in [1.807, 2.05) is 0 Å². The maximum Gasteiger partial charge on any atom is 0.754 e. The first kappa shape index (κ1) is 30.2. The Morgan fingerprint density at radius 2 is 0.656 bits per heavy atom. The van der Waals surface area contributed by atoms with Crippen LogP contribution in [0.2, 0.25) is 0 Å². The Morgan fingerprint density at radius 3 is 0.781 bits per heavy atom. The molecule has 0 aromatic heterocycles. The molecule has 0 spiro atoms. The van der Waals surface area contributed by atoms with Crippen LogP contribution in [0.4, 0.5) is 0 Å². The molecule has 1 aliphatic rings. The van der Waals surface area contributed by atoms with Gasteiger partial charge in [-0.05, 0) is 36.6 Å². The molecule has 4 radical (unpaired) electrons. The van der Waals surface area contributed by atoms with Crippen LogP contribution >= 0.6 is 31.3 Å². The molecule has 1 rings (SSSR count). The van der Waals surface area contributed by atoms with Crippen molar-refractivity contribution in [2.45, 2.75) is 36.6 Å². The molecule has 32 heavy (non-hydrogen) atoms. The molecule has 0 heterocycles. The van der Waals surface area contributed by atoms with E-state index in [2.05, 4.69) is 60.2 Å². The zero-order valence-corrected chi connectivity index (χ0v) is 19.2. The summed E-state index contributed by atoms with van der Waals surface area (Å²) in [6, 6.07) is 0. The summed E-state index contributed by atoms with van der Waals surface area (Å²) in [5.74, 6) is 10.5. The first-order valence-electron chi connectivity index (χ1n) is 7.60. The third-order valence-corrected chi connectivity index (χ3v) is 7.01. The van der Waals surface area contributed by atoms with Crippen LogP contribution in [0.1, 0.15) is 0 Å². The van der Waals surface area contributed by atoms with Crippen molar-refractivity contribution >= 4 is 31.3 Å². The van der Waals surface area contributed by atoms with Crippen LogP contribution in [0.15, 0.2) is 0 Å². The summed E-state index contributed by atoms with van der Waals surface area (Å²) < 4.78 is 80.9. The highest BCUT2D eigenvalue weighted by molar-refractivity contribution is 7.48. The van der Waals surface area contributed by atoms with Crippen molar-refractivity contribution in [3.63, 3.8) is 0 Å². The van der Waals surface area contributed by atoms with E-state index in [4.69, 9.17) is 0 Å². The number of rotatable bonds is 12. The van der Waals surface area contributed by atoms with E-state index in [9.17, 15) is 48.0 Å². The number of phosphoric acid groups is 4. The lowest BCUT2D eigenvalue weighted by Gasteiger charge is -2.27. The van der Waals surface area contributed by atoms with Crippen LogP contribution in [0.3, 0.4) is 0 Å². The second kappa shape index (κ2) is 11.3. The Morgan fingerprint density at radius 1 is 0.500 bits per heavy atom. The van der Waals surface area contributed by atoms with Gasteiger partial charge in [0.15, 0.2) is 0 Å². The van der Waals surface area contributed by atoms with Crippen LogP contribution in [-0.4, -0.2) is 66.4 Å². The van der Waals surface area contributed by atoms with E-state index in [0.717, 1.165) is 0 Å². The highest BCUT2D eigenvalue weighted by Crippen LogP contribution is 2.54. The van der Waals surface area contributed by atoms with Gasteiger partial charge in [0.2, 0.25) is 12.2 Å². The average Bonchev–Trinajstić information content (AvgIpc) is 2.71. The summed E-state index contributed by atoms with van der Waals surface area (Å²) in [6.45, 7) is 0. The molecular weight excluding hydrogens is 540 g/mol. The summed E-state index contributed by atoms with van der Waals surface area (Å²) in [7, 11) is -20.7. The molecule has 188 valence electrons. The predicted molar refractivity (Wildman–Crippen MR) is 86.7 cm³/mol. The first-order chi connectivity index (χ1) is 14.4. The number of aliphatic hydroxyl groups excluding tert-OH is 2. The van der Waals surface area contributed by atoms with E-state index in [-0.39, 0.29) is 0 Å². The summed E-state index contributed by atoms with van der Waals surface area (Å²) in [5.41, 5.74) is 0. The van der Waals surface area contributed by atoms with Gasteiger partial charge < -0.3 is 10.2 Å². The largest absolute Gasteiger partial charge is 0.754 e. The smallest absolute Gasteiger partial charge is 0.377 e. The number of quaternary nitrogens is 4. The van der Waals surface area contributed by atoms with Crippen molar-refractivity contribution in [2.24, 2.45) is 0 Å². The SMILES string of the molecule is [NH3+]OP(=O)(O)[O+][C@@H]1C(O)[C@H]([O+]P(=O)(O)O[NH3+])[C@@H]([O+]P(=O)(O)O[NH3+])C(O)[C@H]1[O+]P(=O)(O)O[NH3+]. The summed E-state index contributed by atoms with van der Waals surface area (Å²) >= 11 is 0. The van der Waals surface area contributed by atoms with Gasteiger partial charge in [-0.15, -0.1) is 0 Å². The monoisotopic (exact) mass is 564 g/mol. The average molecular weight is 564 g/mol. The van der Waals surface area contributed by atoms with E-state index in [0.29, 0.717) is 0 Å². The third-order valence-electron chi connectivity index (χ3n) is 3.67. The molecular formula is C6H24N4O18P4+8. The van der Waals surface area contributed by atoms with Gasteiger partial charge in [-0.3, -0.25) is 19.6 Å². The van der Waals surface area contributed by atoms with Gasteiger partial charge in [-0.2, -0.15) is 41.8 Å².